The van der Waals surface area contributed by atoms with Crippen molar-refractivity contribution >= 4 is 45.2 Å². The maximum absolute atomic E-state index is 9.61. The van der Waals surface area contributed by atoms with Gasteiger partial charge in [0.1, 0.15) is 5.75 Å². The van der Waals surface area contributed by atoms with Gasteiger partial charge in [-0.2, -0.15) is 0 Å². The molecule has 0 saturated carbocycles. The van der Waals surface area contributed by atoms with Crippen molar-refractivity contribution in [3.8, 4) is 5.75 Å². The lowest BCUT2D eigenvalue weighted by atomic mass is 9.88. The van der Waals surface area contributed by atoms with Crippen LogP contribution in [0.25, 0.3) is 0 Å². The summed E-state index contributed by atoms with van der Waals surface area (Å²) in [5, 5.41) is 9.61. The van der Waals surface area contributed by atoms with Crippen LogP contribution in [-0.4, -0.2) is 5.11 Å². The average Bonchev–Trinajstić information content (AvgIpc) is 1.96. The summed E-state index contributed by atoms with van der Waals surface area (Å²) in [6, 6.07) is 4.12. The van der Waals surface area contributed by atoms with Gasteiger partial charge in [-0.1, -0.05) is 20.8 Å². The SMILES string of the molecule is CC(C)(C)Cc1cc(I)c(O)c(I)c1. The fourth-order valence-corrected chi connectivity index (χ4v) is 3.23. The number of rotatable bonds is 1. The molecule has 0 heterocycles. The van der Waals surface area contributed by atoms with E-state index in [4.69, 9.17) is 0 Å². The Morgan fingerprint density at radius 3 is 1.93 bits per heavy atom. The van der Waals surface area contributed by atoms with E-state index in [-0.39, 0.29) is 0 Å². The van der Waals surface area contributed by atoms with Crippen molar-refractivity contribution in [3.63, 3.8) is 0 Å². The third kappa shape index (κ3) is 3.56. The monoisotopic (exact) mass is 416 g/mol. The molecular formula is C11H14I2O. The van der Waals surface area contributed by atoms with Gasteiger partial charge >= 0.3 is 0 Å². The van der Waals surface area contributed by atoms with Crippen molar-refractivity contribution in [3.05, 3.63) is 24.8 Å². The minimum Gasteiger partial charge on any atom is -0.506 e. The molecule has 0 amide bonds. The van der Waals surface area contributed by atoms with Crippen LogP contribution in [0.4, 0.5) is 0 Å². The molecule has 0 aliphatic carbocycles. The summed E-state index contributed by atoms with van der Waals surface area (Å²) < 4.78 is 1.88. The zero-order chi connectivity index (χ0) is 10.9. The molecule has 78 valence electrons. The Balaban J connectivity index is 3.02. The number of halogens is 2. The molecule has 0 aliphatic rings. The Kier molecular flexibility index (Phi) is 4.08. The predicted molar refractivity (Wildman–Crippen MR) is 76.7 cm³/mol. The summed E-state index contributed by atoms with van der Waals surface area (Å²) >= 11 is 4.34. The van der Waals surface area contributed by atoms with E-state index in [9.17, 15) is 5.11 Å². The van der Waals surface area contributed by atoms with E-state index in [1.54, 1.807) is 0 Å². The van der Waals surface area contributed by atoms with Crippen LogP contribution in [0.2, 0.25) is 0 Å². The summed E-state index contributed by atoms with van der Waals surface area (Å²) in [7, 11) is 0. The third-order valence-electron chi connectivity index (χ3n) is 1.81. The van der Waals surface area contributed by atoms with E-state index in [0.29, 0.717) is 11.2 Å². The molecule has 0 aliphatic heterocycles. The number of phenols is 1. The van der Waals surface area contributed by atoms with Crippen molar-refractivity contribution in [1.29, 1.82) is 0 Å². The number of hydrogen-bond donors (Lipinski definition) is 1. The second kappa shape index (κ2) is 4.55. The van der Waals surface area contributed by atoms with Crippen LogP contribution in [0.15, 0.2) is 12.1 Å². The summed E-state index contributed by atoms with van der Waals surface area (Å²) in [5.74, 6) is 0.406. The summed E-state index contributed by atoms with van der Waals surface area (Å²) in [4.78, 5) is 0. The molecule has 0 saturated heterocycles. The first-order valence-electron chi connectivity index (χ1n) is 4.46. The highest BCUT2D eigenvalue weighted by atomic mass is 127. The standard InChI is InChI=1S/C11H14I2O/c1-11(2,3)6-7-4-8(12)10(14)9(13)5-7/h4-5,14H,6H2,1-3H3. The normalized spacial score (nSPS) is 11.8. The van der Waals surface area contributed by atoms with Gasteiger partial charge in [0, 0.05) is 0 Å². The highest BCUT2D eigenvalue weighted by Crippen LogP contribution is 2.30. The Labute approximate surface area is 113 Å². The fourth-order valence-electron chi connectivity index (χ4n) is 1.33. The predicted octanol–water partition coefficient (Wildman–Crippen LogP) is 4.19. The van der Waals surface area contributed by atoms with E-state index in [1.807, 2.05) is 0 Å². The number of phenolic OH excluding ortho intramolecular Hbond substituents is 1. The third-order valence-corrected chi connectivity index (χ3v) is 3.46. The van der Waals surface area contributed by atoms with E-state index < -0.39 is 0 Å². The highest BCUT2D eigenvalue weighted by Gasteiger charge is 2.13. The molecule has 1 nitrogen and oxygen atoms in total. The molecule has 1 aromatic rings. The lowest BCUT2D eigenvalue weighted by Crippen LogP contribution is -2.09. The fraction of sp³-hybridized carbons (Fsp3) is 0.455. The van der Waals surface area contributed by atoms with Gasteiger partial charge in [0.25, 0.3) is 0 Å². The summed E-state index contributed by atoms with van der Waals surface area (Å²) in [6.45, 7) is 6.67. The van der Waals surface area contributed by atoms with Crippen molar-refractivity contribution in [2.24, 2.45) is 5.41 Å². The molecule has 0 aromatic heterocycles. The number of benzene rings is 1. The maximum Gasteiger partial charge on any atom is 0.142 e. The molecule has 0 radical (unpaired) electrons. The number of hydrogen-bond acceptors (Lipinski definition) is 1. The number of aromatic hydroxyl groups is 1. The topological polar surface area (TPSA) is 20.2 Å². The van der Waals surface area contributed by atoms with Crippen molar-refractivity contribution < 1.29 is 5.11 Å². The molecule has 0 unspecified atom stereocenters. The maximum atomic E-state index is 9.61. The Hall–Kier alpha value is 0.480. The molecule has 0 fully saturated rings. The summed E-state index contributed by atoms with van der Waals surface area (Å²) in [5.41, 5.74) is 1.59. The lowest BCUT2D eigenvalue weighted by Gasteiger charge is -2.18. The summed E-state index contributed by atoms with van der Waals surface area (Å²) in [6.07, 6.45) is 1.04. The van der Waals surface area contributed by atoms with E-state index in [0.717, 1.165) is 13.6 Å². The van der Waals surface area contributed by atoms with Crippen molar-refractivity contribution in [2.75, 3.05) is 0 Å². The first-order valence-corrected chi connectivity index (χ1v) is 6.62. The highest BCUT2D eigenvalue weighted by molar-refractivity contribution is 14.1. The van der Waals surface area contributed by atoms with Crippen LogP contribution >= 0.6 is 45.2 Å². The molecule has 0 bridgehead atoms. The van der Waals surface area contributed by atoms with Gasteiger partial charge in [0.05, 0.1) is 7.14 Å². The van der Waals surface area contributed by atoms with Gasteiger partial charge in [0.2, 0.25) is 0 Å². The van der Waals surface area contributed by atoms with Crippen LogP contribution in [0.5, 0.6) is 5.75 Å². The molecule has 1 rings (SSSR count). The molecule has 1 N–H and O–H groups in total. The Morgan fingerprint density at radius 1 is 1.14 bits per heavy atom. The molecular weight excluding hydrogens is 402 g/mol. The van der Waals surface area contributed by atoms with Crippen LogP contribution < -0.4 is 0 Å². The van der Waals surface area contributed by atoms with Gasteiger partial charge in [-0.05, 0) is 74.7 Å². The molecule has 1 aromatic carbocycles. The van der Waals surface area contributed by atoms with Gasteiger partial charge in [-0.3, -0.25) is 0 Å². The Morgan fingerprint density at radius 2 is 1.57 bits per heavy atom. The second-order valence-corrected chi connectivity index (χ2v) is 6.97. The zero-order valence-corrected chi connectivity index (χ0v) is 12.9. The minimum atomic E-state index is 0.295. The van der Waals surface area contributed by atoms with E-state index >= 15 is 0 Å². The van der Waals surface area contributed by atoms with E-state index in [2.05, 4.69) is 78.1 Å². The van der Waals surface area contributed by atoms with Gasteiger partial charge in [-0.25, -0.2) is 0 Å². The molecule has 0 spiro atoms. The quantitative estimate of drug-likeness (QED) is 0.682. The molecule has 14 heavy (non-hydrogen) atoms. The van der Waals surface area contributed by atoms with Crippen molar-refractivity contribution in [2.45, 2.75) is 27.2 Å². The van der Waals surface area contributed by atoms with E-state index in [1.165, 1.54) is 5.56 Å². The first-order chi connectivity index (χ1) is 6.29. The van der Waals surface area contributed by atoms with Gasteiger partial charge in [-0.15, -0.1) is 0 Å². The lowest BCUT2D eigenvalue weighted by molar-refractivity contribution is 0.410. The average molecular weight is 416 g/mol. The molecule has 3 heteroatoms. The molecule has 0 atom stereocenters. The second-order valence-electron chi connectivity index (χ2n) is 4.65. The Bertz CT molecular complexity index is 317. The van der Waals surface area contributed by atoms with Crippen LogP contribution in [0.1, 0.15) is 26.3 Å². The van der Waals surface area contributed by atoms with Gasteiger partial charge in [0.15, 0.2) is 0 Å². The zero-order valence-electron chi connectivity index (χ0n) is 8.56. The first kappa shape index (κ1) is 12.5. The van der Waals surface area contributed by atoms with Crippen LogP contribution in [0.3, 0.4) is 0 Å². The van der Waals surface area contributed by atoms with Crippen LogP contribution in [-0.2, 0) is 6.42 Å². The largest absolute Gasteiger partial charge is 0.506 e. The van der Waals surface area contributed by atoms with Crippen molar-refractivity contribution in [1.82, 2.24) is 0 Å². The van der Waals surface area contributed by atoms with Crippen LogP contribution in [0, 0.1) is 12.6 Å². The minimum absolute atomic E-state index is 0.295. The van der Waals surface area contributed by atoms with Gasteiger partial charge < -0.3 is 5.11 Å². The smallest absolute Gasteiger partial charge is 0.142 e.